The van der Waals surface area contributed by atoms with Crippen molar-refractivity contribution < 1.29 is 9.53 Å². The number of carbonyl (C=O) groups excluding carboxylic acids is 1. The topological polar surface area (TPSA) is 73.8 Å². The lowest BCUT2D eigenvalue weighted by Gasteiger charge is -2.32. The number of aromatic amines is 1. The summed E-state index contributed by atoms with van der Waals surface area (Å²) in [6.07, 6.45) is 1.28. The van der Waals surface area contributed by atoms with Crippen LogP contribution in [0.3, 0.4) is 0 Å². The molecule has 0 radical (unpaired) electrons. The third kappa shape index (κ3) is 3.58. The Bertz CT molecular complexity index is 1130. The number of methoxy groups -OCH3 is 1. The molecule has 1 N–H and O–H groups in total. The van der Waals surface area contributed by atoms with E-state index in [0.29, 0.717) is 30.6 Å². The first-order valence-electron chi connectivity index (χ1n) is 11.1. The van der Waals surface area contributed by atoms with Crippen LogP contribution in [0.4, 0.5) is 10.6 Å². The lowest BCUT2D eigenvalue weighted by atomic mass is 10.1. The highest BCUT2D eigenvalue weighted by molar-refractivity contribution is 6.18. The summed E-state index contributed by atoms with van der Waals surface area (Å²) in [7, 11) is 1.67. The van der Waals surface area contributed by atoms with E-state index >= 15 is 0 Å². The van der Waals surface area contributed by atoms with Gasteiger partial charge in [0.25, 0.3) is 0 Å². The van der Waals surface area contributed by atoms with E-state index in [2.05, 4.69) is 24.0 Å². The van der Waals surface area contributed by atoms with E-state index < -0.39 is 0 Å². The number of hydrogen-bond acceptors (Lipinski definition) is 4. The number of fused-ring (bicyclic) bond motifs is 3. The monoisotopic (exact) mass is 429 g/mol. The number of amidine groups is 1. The van der Waals surface area contributed by atoms with Gasteiger partial charge in [-0.2, -0.15) is 0 Å². The van der Waals surface area contributed by atoms with E-state index in [0.717, 1.165) is 24.1 Å². The number of amides is 2. The summed E-state index contributed by atoms with van der Waals surface area (Å²) in [4.78, 5) is 30.1. The summed E-state index contributed by atoms with van der Waals surface area (Å²) in [6, 6.07) is 20.2. The van der Waals surface area contributed by atoms with E-state index in [9.17, 15) is 4.79 Å². The quantitative estimate of drug-likeness (QED) is 0.613. The van der Waals surface area contributed by atoms with Gasteiger partial charge in [0, 0.05) is 13.7 Å². The number of hydrogen-bond donors (Lipinski definition) is 1. The summed E-state index contributed by atoms with van der Waals surface area (Å²) in [5.74, 6) is 1.99. The molecule has 2 aliphatic rings. The van der Waals surface area contributed by atoms with Gasteiger partial charge in [0.15, 0.2) is 11.7 Å². The Morgan fingerprint density at radius 1 is 1.12 bits per heavy atom. The minimum Gasteiger partial charge on any atom is -0.369 e. The maximum Gasteiger partial charge on any atom is 0.331 e. The van der Waals surface area contributed by atoms with Gasteiger partial charge in [-0.3, -0.25) is 14.8 Å². The Hall–Kier alpha value is -3.45. The third-order valence-corrected chi connectivity index (χ3v) is 5.95. The van der Waals surface area contributed by atoms with Crippen LogP contribution in [-0.2, 0) is 11.2 Å². The molecule has 3 aromatic rings. The minimum atomic E-state index is -0.351. The predicted molar refractivity (Wildman–Crippen MR) is 124 cm³/mol. The Balaban J connectivity index is 1.53. The molecule has 0 fully saturated rings. The van der Waals surface area contributed by atoms with Crippen LogP contribution < -0.4 is 4.90 Å². The summed E-state index contributed by atoms with van der Waals surface area (Å²) >= 11 is 0. The molecule has 7 heteroatoms. The van der Waals surface area contributed by atoms with E-state index in [1.54, 1.807) is 16.9 Å². The lowest BCUT2D eigenvalue weighted by molar-refractivity contribution is 0.130. The molecular weight excluding hydrogens is 402 g/mol. The molecule has 2 atom stereocenters. The van der Waals surface area contributed by atoms with Crippen molar-refractivity contribution in [3.05, 3.63) is 83.3 Å². The highest BCUT2D eigenvalue weighted by Crippen LogP contribution is 2.34. The largest absolute Gasteiger partial charge is 0.369 e. The number of nitrogens with zero attached hydrogens (tertiary/aromatic N) is 4. The number of ether oxygens (including phenoxy) is 1. The molecule has 2 aromatic carbocycles. The van der Waals surface area contributed by atoms with E-state index in [1.807, 2.05) is 48.5 Å². The zero-order valence-electron chi connectivity index (χ0n) is 18.4. The van der Waals surface area contributed by atoms with Gasteiger partial charge in [-0.05, 0) is 24.0 Å². The Labute approximate surface area is 187 Å². The highest BCUT2D eigenvalue weighted by atomic mass is 16.5. The highest BCUT2D eigenvalue weighted by Gasteiger charge is 2.42. The van der Waals surface area contributed by atoms with Crippen LogP contribution in [0.2, 0.25) is 0 Å². The van der Waals surface area contributed by atoms with E-state index in [4.69, 9.17) is 14.7 Å². The van der Waals surface area contributed by atoms with Crippen molar-refractivity contribution in [3.8, 4) is 0 Å². The smallest absolute Gasteiger partial charge is 0.331 e. The van der Waals surface area contributed by atoms with Crippen LogP contribution in [0.1, 0.15) is 42.1 Å². The first-order chi connectivity index (χ1) is 15.7. The first-order valence-corrected chi connectivity index (χ1v) is 11.1. The number of H-pyrrole nitrogens is 1. The number of rotatable bonds is 7. The van der Waals surface area contributed by atoms with Gasteiger partial charge in [-0.1, -0.05) is 67.6 Å². The second-order valence-corrected chi connectivity index (χ2v) is 8.19. The molecule has 1 aromatic heterocycles. The number of carbonyl (C=O) groups is 1. The van der Waals surface area contributed by atoms with Crippen LogP contribution in [0.5, 0.6) is 0 Å². The Morgan fingerprint density at radius 2 is 1.84 bits per heavy atom. The summed E-state index contributed by atoms with van der Waals surface area (Å²) in [5, 5.41) is 0. The van der Waals surface area contributed by atoms with Crippen molar-refractivity contribution in [3.63, 3.8) is 0 Å². The molecule has 0 saturated heterocycles. The van der Waals surface area contributed by atoms with E-state index in [1.165, 1.54) is 5.56 Å². The van der Waals surface area contributed by atoms with Gasteiger partial charge in [0.2, 0.25) is 0 Å². The normalized spacial score (nSPS) is 18.4. The fraction of sp³-hybridized carbons (Fsp3) is 0.320. The SMILES string of the molecule is CCCN1C(=O)N2CC(Cc3ccccc3)N=C2c2[nH]c(C(OC)c3ccccc3)nc21. The number of nitrogens with one attached hydrogen (secondary N) is 1. The molecule has 32 heavy (non-hydrogen) atoms. The molecule has 164 valence electrons. The van der Waals surface area contributed by atoms with Gasteiger partial charge in [-0.15, -0.1) is 0 Å². The average molecular weight is 430 g/mol. The van der Waals surface area contributed by atoms with Crippen molar-refractivity contribution in [2.75, 3.05) is 25.1 Å². The van der Waals surface area contributed by atoms with Crippen molar-refractivity contribution in [1.29, 1.82) is 0 Å². The first kappa shape index (κ1) is 20.5. The maximum atomic E-state index is 13.4. The Kier molecular flexibility index (Phi) is 5.49. The second-order valence-electron chi connectivity index (χ2n) is 8.19. The lowest BCUT2D eigenvalue weighted by Crippen LogP contribution is -2.50. The molecule has 0 spiro atoms. The van der Waals surface area contributed by atoms with Gasteiger partial charge in [0.05, 0.1) is 12.6 Å². The molecule has 2 amide bonds. The van der Waals surface area contributed by atoms with Crippen LogP contribution in [0, 0.1) is 0 Å². The molecule has 5 rings (SSSR count). The summed E-state index contributed by atoms with van der Waals surface area (Å²) in [6.45, 7) is 3.24. The molecule has 2 aliphatic heterocycles. The molecular formula is C25H27N5O2. The van der Waals surface area contributed by atoms with Crippen molar-refractivity contribution in [2.24, 2.45) is 4.99 Å². The molecule has 7 nitrogen and oxygen atoms in total. The van der Waals surface area contributed by atoms with Gasteiger partial charge in [-0.25, -0.2) is 9.78 Å². The van der Waals surface area contributed by atoms with Crippen LogP contribution in [-0.4, -0.2) is 53.0 Å². The number of benzene rings is 2. The molecule has 3 heterocycles. The molecule has 2 unspecified atom stereocenters. The average Bonchev–Trinajstić information content (AvgIpc) is 3.43. The van der Waals surface area contributed by atoms with Crippen molar-refractivity contribution in [1.82, 2.24) is 14.9 Å². The zero-order chi connectivity index (χ0) is 22.1. The summed E-state index contributed by atoms with van der Waals surface area (Å²) < 4.78 is 5.78. The number of anilines is 1. The van der Waals surface area contributed by atoms with Crippen LogP contribution >= 0.6 is 0 Å². The van der Waals surface area contributed by atoms with Crippen LogP contribution in [0.15, 0.2) is 65.7 Å². The van der Waals surface area contributed by atoms with Gasteiger partial charge < -0.3 is 9.72 Å². The number of imidazole rings is 1. The predicted octanol–water partition coefficient (Wildman–Crippen LogP) is 4.17. The fourth-order valence-corrected chi connectivity index (χ4v) is 4.50. The molecule has 0 bridgehead atoms. The summed E-state index contributed by atoms with van der Waals surface area (Å²) in [5.41, 5.74) is 3.01. The fourth-order valence-electron chi connectivity index (χ4n) is 4.50. The third-order valence-electron chi connectivity index (χ3n) is 5.95. The number of aromatic nitrogens is 2. The second kappa shape index (κ2) is 8.59. The number of aliphatic imine (C=N–C) groups is 1. The molecule has 0 saturated carbocycles. The zero-order valence-corrected chi connectivity index (χ0v) is 18.4. The van der Waals surface area contributed by atoms with Gasteiger partial charge >= 0.3 is 6.03 Å². The van der Waals surface area contributed by atoms with E-state index in [-0.39, 0.29) is 18.2 Å². The minimum absolute atomic E-state index is 0.0184. The number of urea groups is 1. The van der Waals surface area contributed by atoms with Crippen molar-refractivity contribution >= 4 is 17.7 Å². The van der Waals surface area contributed by atoms with Crippen molar-refractivity contribution in [2.45, 2.75) is 31.9 Å². The van der Waals surface area contributed by atoms with Crippen LogP contribution in [0.25, 0.3) is 0 Å². The van der Waals surface area contributed by atoms with Gasteiger partial charge in [0.1, 0.15) is 17.6 Å². The Morgan fingerprint density at radius 3 is 2.53 bits per heavy atom. The molecule has 0 aliphatic carbocycles. The maximum absolute atomic E-state index is 13.4. The standard InChI is InChI=1S/C25H27N5O2/c1-3-14-29-24-20(27-22(28-24)21(32-2)18-12-8-5-9-13-18)23-26-19(16-30(23)25(29)31)15-17-10-6-4-7-11-17/h4-13,19,21H,3,14-16H2,1-2H3,(H,27,28).